The molecule has 1 heterocycles. The van der Waals surface area contributed by atoms with Gasteiger partial charge in [-0.25, -0.2) is 0 Å². The van der Waals surface area contributed by atoms with Gasteiger partial charge in [-0.1, -0.05) is 23.7 Å². The van der Waals surface area contributed by atoms with Crippen LogP contribution in [-0.4, -0.2) is 4.98 Å². The molecule has 1 aromatic carbocycles. The zero-order valence-electron chi connectivity index (χ0n) is 11.1. The van der Waals surface area contributed by atoms with E-state index >= 15 is 0 Å². The molecule has 1 atom stereocenters. The van der Waals surface area contributed by atoms with Crippen LogP contribution in [0.5, 0.6) is 5.75 Å². The molecule has 0 fully saturated rings. The second-order valence-corrected chi connectivity index (χ2v) is 4.94. The van der Waals surface area contributed by atoms with Crippen LogP contribution in [0.2, 0.25) is 5.02 Å². The maximum atomic E-state index is 6.18. The van der Waals surface area contributed by atoms with Crippen LogP contribution < -0.4 is 10.5 Å². The van der Waals surface area contributed by atoms with Gasteiger partial charge in [0.2, 0.25) is 0 Å². The van der Waals surface area contributed by atoms with E-state index in [1.165, 1.54) is 0 Å². The summed E-state index contributed by atoms with van der Waals surface area (Å²) in [7, 11) is 0. The molecule has 2 N–H and O–H groups in total. The molecule has 0 saturated carbocycles. The lowest BCUT2D eigenvalue weighted by atomic mass is 10.1. The smallest absolute Gasteiger partial charge is 0.138 e. The van der Waals surface area contributed by atoms with E-state index in [2.05, 4.69) is 4.98 Å². The minimum atomic E-state index is -0.0374. The standard InChI is InChI=1S/C15H17ClN2O/c1-10-4-3-7-18-14(10)9-19-15-6-5-12(11(2)17)8-13(15)16/h3-8,11H,9,17H2,1-2H3. The minimum Gasteiger partial charge on any atom is -0.486 e. The number of nitrogens with two attached hydrogens (primary N) is 1. The van der Waals surface area contributed by atoms with Crippen LogP contribution in [-0.2, 0) is 6.61 Å². The molecule has 0 saturated heterocycles. The van der Waals surface area contributed by atoms with E-state index in [1.807, 2.05) is 44.2 Å². The van der Waals surface area contributed by atoms with Gasteiger partial charge in [-0.15, -0.1) is 0 Å². The maximum Gasteiger partial charge on any atom is 0.138 e. The average molecular weight is 277 g/mol. The van der Waals surface area contributed by atoms with Crippen molar-refractivity contribution in [1.29, 1.82) is 0 Å². The second kappa shape index (κ2) is 6.04. The Morgan fingerprint density at radius 1 is 1.37 bits per heavy atom. The highest BCUT2D eigenvalue weighted by molar-refractivity contribution is 6.32. The summed E-state index contributed by atoms with van der Waals surface area (Å²) in [5.41, 5.74) is 8.81. The summed E-state index contributed by atoms with van der Waals surface area (Å²) in [5, 5.41) is 0.573. The third-order valence-corrected chi connectivity index (χ3v) is 3.26. The first-order chi connectivity index (χ1) is 9.08. The molecule has 0 radical (unpaired) electrons. The van der Waals surface area contributed by atoms with E-state index in [1.54, 1.807) is 6.20 Å². The average Bonchev–Trinajstić information content (AvgIpc) is 2.39. The fourth-order valence-corrected chi connectivity index (χ4v) is 1.98. The number of hydrogen-bond acceptors (Lipinski definition) is 3. The molecule has 0 spiro atoms. The summed E-state index contributed by atoms with van der Waals surface area (Å²) in [6.07, 6.45) is 1.76. The van der Waals surface area contributed by atoms with Gasteiger partial charge < -0.3 is 10.5 Å². The zero-order chi connectivity index (χ0) is 13.8. The predicted octanol–water partition coefficient (Wildman–Crippen LogP) is 3.64. The summed E-state index contributed by atoms with van der Waals surface area (Å²) < 4.78 is 5.70. The SMILES string of the molecule is Cc1cccnc1COc1ccc(C(C)N)cc1Cl. The first-order valence-corrected chi connectivity index (χ1v) is 6.54. The molecule has 1 aromatic heterocycles. The number of rotatable bonds is 4. The normalized spacial score (nSPS) is 12.2. The highest BCUT2D eigenvalue weighted by Gasteiger charge is 2.07. The van der Waals surface area contributed by atoms with Crippen molar-refractivity contribution in [1.82, 2.24) is 4.98 Å². The largest absolute Gasteiger partial charge is 0.486 e. The second-order valence-electron chi connectivity index (χ2n) is 4.53. The first-order valence-electron chi connectivity index (χ1n) is 6.16. The van der Waals surface area contributed by atoms with Gasteiger partial charge in [0.05, 0.1) is 10.7 Å². The molecule has 0 aliphatic heterocycles. The molecule has 19 heavy (non-hydrogen) atoms. The van der Waals surface area contributed by atoms with Crippen molar-refractivity contribution in [2.75, 3.05) is 0 Å². The van der Waals surface area contributed by atoms with Crippen LogP contribution >= 0.6 is 11.6 Å². The Balaban J connectivity index is 2.10. The van der Waals surface area contributed by atoms with Crippen molar-refractivity contribution in [2.24, 2.45) is 5.73 Å². The van der Waals surface area contributed by atoms with E-state index in [0.717, 1.165) is 16.8 Å². The van der Waals surface area contributed by atoms with Crippen LogP contribution in [0.3, 0.4) is 0 Å². The third kappa shape index (κ3) is 3.46. The lowest BCUT2D eigenvalue weighted by molar-refractivity contribution is 0.300. The third-order valence-electron chi connectivity index (χ3n) is 2.96. The monoisotopic (exact) mass is 276 g/mol. The molecule has 100 valence electrons. The van der Waals surface area contributed by atoms with Crippen molar-refractivity contribution in [3.05, 3.63) is 58.4 Å². The van der Waals surface area contributed by atoms with Crippen molar-refractivity contribution in [2.45, 2.75) is 26.5 Å². The molecule has 1 unspecified atom stereocenters. The Bertz CT molecular complexity index is 570. The number of aryl methyl sites for hydroxylation is 1. The maximum absolute atomic E-state index is 6.18. The van der Waals surface area contributed by atoms with Gasteiger partial charge in [0, 0.05) is 12.2 Å². The van der Waals surface area contributed by atoms with Crippen LogP contribution in [0, 0.1) is 6.92 Å². The number of nitrogens with zero attached hydrogens (tertiary/aromatic N) is 1. The van der Waals surface area contributed by atoms with E-state index in [-0.39, 0.29) is 6.04 Å². The van der Waals surface area contributed by atoms with Crippen molar-refractivity contribution in [3.8, 4) is 5.75 Å². The molecule has 3 nitrogen and oxygen atoms in total. The van der Waals surface area contributed by atoms with E-state index in [0.29, 0.717) is 17.4 Å². The van der Waals surface area contributed by atoms with E-state index in [9.17, 15) is 0 Å². The van der Waals surface area contributed by atoms with Gasteiger partial charge in [0.1, 0.15) is 12.4 Å². The molecule has 2 aromatic rings. The molecule has 0 aliphatic carbocycles. The molecular weight excluding hydrogens is 260 g/mol. The summed E-state index contributed by atoms with van der Waals surface area (Å²) in [6, 6.07) is 9.49. The first kappa shape index (κ1) is 13.8. The zero-order valence-corrected chi connectivity index (χ0v) is 11.8. The number of ether oxygens (including phenoxy) is 1. The Hall–Kier alpha value is -1.58. The number of aromatic nitrogens is 1. The van der Waals surface area contributed by atoms with Crippen molar-refractivity contribution in [3.63, 3.8) is 0 Å². The fraction of sp³-hybridized carbons (Fsp3) is 0.267. The van der Waals surface area contributed by atoms with Crippen LogP contribution in [0.4, 0.5) is 0 Å². The van der Waals surface area contributed by atoms with Gasteiger partial charge in [-0.2, -0.15) is 0 Å². The molecule has 0 amide bonds. The minimum absolute atomic E-state index is 0.0374. The van der Waals surface area contributed by atoms with Crippen LogP contribution in [0.25, 0.3) is 0 Å². The Labute approximate surface area is 118 Å². The predicted molar refractivity (Wildman–Crippen MR) is 77.4 cm³/mol. The Morgan fingerprint density at radius 2 is 2.16 bits per heavy atom. The van der Waals surface area contributed by atoms with Gasteiger partial charge in [0.15, 0.2) is 0 Å². The Kier molecular flexibility index (Phi) is 4.40. The molecule has 4 heteroatoms. The summed E-state index contributed by atoms with van der Waals surface area (Å²) in [5.74, 6) is 0.649. The van der Waals surface area contributed by atoms with Gasteiger partial charge in [0.25, 0.3) is 0 Å². The van der Waals surface area contributed by atoms with Gasteiger partial charge >= 0.3 is 0 Å². The molecule has 0 aliphatic rings. The molecule has 0 bridgehead atoms. The quantitative estimate of drug-likeness (QED) is 0.927. The van der Waals surface area contributed by atoms with E-state index in [4.69, 9.17) is 22.1 Å². The lowest BCUT2D eigenvalue weighted by Gasteiger charge is -2.11. The highest BCUT2D eigenvalue weighted by atomic mass is 35.5. The van der Waals surface area contributed by atoms with Crippen molar-refractivity contribution < 1.29 is 4.74 Å². The van der Waals surface area contributed by atoms with Crippen LogP contribution in [0.15, 0.2) is 36.5 Å². The van der Waals surface area contributed by atoms with Crippen molar-refractivity contribution >= 4 is 11.6 Å². The highest BCUT2D eigenvalue weighted by Crippen LogP contribution is 2.28. The molecule has 2 rings (SSSR count). The van der Waals surface area contributed by atoms with E-state index < -0.39 is 0 Å². The number of benzene rings is 1. The fourth-order valence-electron chi connectivity index (χ4n) is 1.73. The number of pyridine rings is 1. The van der Waals surface area contributed by atoms with Crippen LogP contribution in [0.1, 0.15) is 29.8 Å². The lowest BCUT2D eigenvalue weighted by Crippen LogP contribution is -2.05. The summed E-state index contributed by atoms with van der Waals surface area (Å²) >= 11 is 6.18. The summed E-state index contributed by atoms with van der Waals surface area (Å²) in [6.45, 7) is 4.33. The summed E-state index contributed by atoms with van der Waals surface area (Å²) in [4.78, 5) is 4.28. The molecular formula is C15H17ClN2O. The van der Waals surface area contributed by atoms with Gasteiger partial charge in [-0.3, -0.25) is 4.98 Å². The topological polar surface area (TPSA) is 48.1 Å². The van der Waals surface area contributed by atoms with Gasteiger partial charge in [-0.05, 0) is 43.2 Å². The number of halogens is 1. The Morgan fingerprint density at radius 3 is 2.79 bits per heavy atom. The number of hydrogen-bond donors (Lipinski definition) is 1.